The molecule has 0 bridgehead atoms. The van der Waals surface area contributed by atoms with Crippen molar-refractivity contribution in [1.82, 2.24) is 4.98 Å². The average Bonchev–Trinajstić information content (AvgIpc) is 3.13. The van der Waals surface area contributed by atoms with E-state index < -0.39 is 0 Å². The number of rotatable bonds is 11. The number of nitrogens with two attached hydrogens (primary N) is 1. The van der Waals surface area contributed by atoms with Crippen LogP contribution in [0.3, 0.4) is 0 Å². The van der Waals surface area contributed by atoms with Gasteiger partial charge in [-0.15, -0.1) is 11.3 Å². The normalized spacial score (nSPS) is 11.1. The molecule has 2 aromatic carbocycles. The third-order valence-corrected chi connectivity index (χ3v) is 5.19. The Morgan fingerprint density at radius 3 is 2.36 bits per heavy atom. The second-order valence-electron chi connectivity index (χ2n) is 6.45. The number of fused-ring (bicyclic) bond motifs is 1. The van der Waals surface area contributed by atoms with Crippen molar-refractivity contribution in [2.75, 3.05) is 58.6 Å². The third kappa shape index (κ3) is 5.65. The Hall–Kier alpha value is -2.19. The maximum atomic E-state index is 5.79. The molecule has 0 radical (unpaired) electrons. The molecule has 0 saturated carbocycles. The first-order chi connectivity index (χ1) is 13.7. The minimum atomic E-state index is 0.500. The Bertz CT molecular complexity index is 865. The van der Waals surface area contributed by atoms with E-state index in [0.29, 0.717) is 39.6 Å². The molecule has 1 heterocycles. The molecule has 0 saturated heterocycles. The maximum absolute atomic E-state index is 5.79. The molecule has 7 heteroatoms. The Morgan fingerprint density at radius 1 is 0.929 bits per heavy atom. The molecule has 0 atom stereocenters. The first kappa shape index (κ1) is 20.5. The van der Waals surface area contributed by atoms with E-state index in [2.05, 4.69) is 29.2 Å². The predicted octanol–water partition coefficient (Wildman–Crippen LogP) is 3.40. The zero-order chi connectivity index (χ0) is 19.8. The Kier molecular flexibility index (Phi) is 7.62. The van der Waals surface area contributed by atoms with Gasteiger partial charge in [0.2, 0.25) is 0 Å². The van der Waals surface area contributed by atoms with E-state index in [1.54, 1.807) is 11.3 Å². The largest absolute Gasteiger partial charge is 0.491 e. The van der Waals surface area contributed by atoms with Crippen LogP contribution in [0.25, 0.3) is 20.8 Å². The summed E-state index contributed by atoms with van der Waals surface area (Å²) in [5.41, 5.74) is 8.64. The summed E-state index contributed by atoms with van der Waals surface area (Å²) in [6, 6.07) is 14.4. The highest BCUT2D eigenvalue weighted by molar-refractivity contribution is 7.21. The number of anilines is 1. The molecule has 0 amide bonds. The highest BCUT2D eigenvalue weighted by atomic mass is 32.1. The molecule has 0 aliphatic heterocycles. The maximum Gasteiger partial charge on any atom is 0.124 e. The van der Waals surface area contributed by atoms with Crippen LogP contribution in [0.1, 0.15) is 0 Å². The second-order valence-corrected chi connectivity index (χ2v) is 7.48. The molecule has 0 aliphatic rings. The fourth-order valence-corrected chi connectivity index (χ4v) is 3.64. The third-order valence-electron chi connectivity index (χ3n) is 4.12. The van der Waals surface area contributed by atoms with Gasteiger partial charge in [-0.05, 0) is 42.5 Å². The van der Waals surface area contributed by atoms with Crippen molar-refractivity contribution in [2.45, 2.75) is 0 Å². The number of ether oxygens (including phenoxy) is 3. The summed E-state index contributed by atoms with van der Waals surface area (Å²) >= 11 is 1.67. The highest BCUT2D eigenvalue weighted by Gasteiger charge is 2.08. The first-order valence-electron chi connectivity index (χ1n) is 9.34. The topological polar surface area (TPSA) is 69.8 Å². The van der Waals surface area contributed by atoms with Crippen molar-refractivity contribution in [3.05, 3.63) is 42.5 Å². The molecule has 3 rings (SSSR count). The molecule has 0 fully saturated rings. The number of nitrogens with zero attached hydrogens (tertiary/aromatic N) is 2. The quantitative estimate of drug-likeness (QED) is 0.497. The molecule has 1 aromatic heterocycles. The lowest BCUT2D eigenvalue weighted by Crippen LogP contribution is -2.14. The monoisotopic (exact) mass is 401 g/mol. The van der Waals surface area contributed by atoms with E-state index >= 15 is 0 Å². The van der Waals surface area contributed by atoms with Gasteiger partial charge < -0.3 is 24.8 Å². The van der Waals surface area contributed by atoms with Crippen LogP contribution in [-0.4, -0.2) is 58.7 Å². The molecular weight excluding hydrogens is 374 g/mol. The number of hydrogen-bond donors (Lipinski definition) is 1. The standard InChI is InChI=1S/C21H27N3O3S/c1-24(2)17-5-3-16(4-6-17)21-23-19-8-7-18(15-20(19)28-21)27-14-13-26-12-11-25-10-9-22/h3-8,15H,9-14,22H2,1-2H3. The smallest absolute Gasteiger partial charge is 0.124 e. The van der Waals surface area contributed by atoms with Crippen molar-refractivity contribution >= 4 is 27.2 Å². The minimum Gasteiger partial charge on any atom is -0.491 e. The van der Waals surface area contributed by atoms with Gasteiger partial charge in [0, 0.05) is 31.9 Å². The Labute approximate surface area is 169 Å². The van der Waals surface area contributed by atoms with Crippen LogP contribution in [-0.2, 0) is 9.47 Å². The van der Waals surface area contributed by atoms with Crippen molar-refractivity contribution in [3.63, 3.8) is 0 Å². The zero-order valence-electron chi connectivity index (χ0n) is 16.4. The second kappa shape index (κ2) is 10.4. The average molecular weight is 402 g/mol. The number of aromatic nitrogens is 1. The van der Waals surface area contributed by atoms with Gasteiger partial charge in [-0.3, -0.25) is 0 Å². The van der Waals surface area contributed by atoms with Gasteiger partial charge in [0.05, 0.1) is 36.6 Å². The fraction of sp³-hybridized carbons (Fsp3) is 0.381. The summed E-state index contributed by atoms with van der Waals surface area (Å²) in [4.78, 5) is 6.83. The van der Waals surface area contributed by atoms with Gasteiger partial charge in [-0.2, -0.15) is 0 Å². The van der Waals surface area contributed by atoms with E-state index in [0.717, 1.165) is 26.5 Å². The molecule has 2 N–H and O–H groups in total. The molecule has 28 heavy (non-hydrogen) atoms. The summed E-state index contributed by atoms with van der Waals surface area (Å²) in [6.45, 7) is 3.23. The van der Waals surface area contributed by atoms with Gasteiger partial charge in [0.1, 0.15) is 17.4 Å². The van der Waals surface area contributed by atoms with Gasteiger partial charge in [0.25, 0.3) is 0 Å². The summed E-state index contributed by atoms with van der Waals surface area (Å²) in [6.07, 6.45) is 0. The number of benzene rings is 2. The molecular formula is C21H27N3O3S. The molecule has 0 spiro atoms. The van der Waals surface area contributed by atoms with Crippen molar-refractivity contribution in [1.29, 1.82) is 0 Å². The van der Waals surface area contributed by atoms with Gasteiger partial charge in [-0.1, -0.05) is 0 Å². The van der Waals surface area contributed by atoms with Crippen molar-refractivity contribution in [3.8, 4) is 16.3 Å². The zero-order valence-corrected chi connectivity index (χ0v) is 17.2. The van der Waals surface area contributed by atoms with Crippen LogP contribution >= 0.6 is 11.3 Å². The molecule has 150 valence electrons. The lowest BCUT2D eigenvalue weighted by atomic mass is 10.2. The summed E-state index contributed by atoms with van der Waals surface area (Å²) in [7, 11) is 4.07. The van der Waals surface area contributed by atoms with Crippen molar-refractivity contribution in [2.24, 2.45) is 5.73 Å². The van der Waals surface area contributed by atoms with Crippen molar-refractivity contribution < 1.29 is 14.2 Å². The van der Waals surface area contributed by atoms with E-state index in [4.69, 9.17) is 24.9 Å². The molecule has 0 unspecified atom stereocenters. The van der Waals surface area contributed by atoms with E-state index in [9.17, 15) is 0 Å². The Balaban J connectivity index is 1.54. The van der Waals surface area contributed by atoms with Crippen LogP contribution in [0.2, 0.25) is 0 Å². The molecule has 3 aromatic rings. The molecule has 6 nitrogen and oxygen atoms in total. The van der Waals surface area contributed by atoms with Gasteiger partial charge in [-0.25, -0.2) is 4.98 Å². The summed E-state index contributed by atoms with van der Waals surface area (Å²) in [5.74, 6) is 0.827. The van der Waals surface area contributed by atoms with E-state index in [-0.39, 0.29) is 0 Å². The predicted molar refractivity (Wildman–Crippen MR) is 116 cm³/mol. The van der Waals surface area contributed by atoms with Crippen LogP contribution in [0.4, 0.5) is 5.69 Å². The number of hydrogen-bond acceptors (Lipinski definition) is 7. The van der Waals surface area contributed by atoms with Crippen LogP contribution in [0.5, 0.6) is 5.75 Å². The van der Waals surface area contributed by atoms with E-state index in [1.807, 2.05) is 32.3 Å². The lowest BCUT2D eigenvalue weighted by molar-refractivity contribution is 0.0388. The summed E-state index contributed by atoms with van der Waals surface area (Å²) < 4.78 is 17.6. The molecule has 0 aliphatic carbocycles. The fourth-order valence-electron chi connectivity index (χ4n) is 2.64. The number of thiazole rings is 1. The lowest BCUT2D eigenvalue weighted by Gasteiger charge is -2.11. The van der Waals surface area contributed by atoms with Crippen LogP contribution in [0, 0.1) is 0 Å². The van der Waals surface area contributed by atoms with Gasteiger partial charge in [0.15, 0.2) is 0 Å². The Morgan fingerprint density at radius 2 is 1.64 bits per heavy atom. The highest BCUT2D eigenvalue weighted by Crippen LogP contribution is 2.33. The van der Waals surface area contributed by atoms with Crippen LogP contribution in [0.15, 0.2) is 42.5 Å². The van der Waals surface area contributed by atoms with E-state index in [1.165, 1.54) is 5.69 Å². The summed E-state index contributed by atoms with van der Waals surface area (Å²) in [5, 5.41) is 1.01. The minimum absolute atomic E-state index is 0.500. The van der Waals surface area contributed by atoms with Gasteiger partial charge >= 0.3 is 0 Å². The van der Waals surface area contributed by atoms with Crippen LogP contribution < -0.4 is 15.4 Å². The SMILES string of the molecule is CN(C)c1ccc(-c2nc3ccc(OCCOCCOCCN)cc3s2)cc1. The first-order valence-corrected chi connectivity index (χ1v) is 10.2.